The van der Waals surface area contributed by atoms with Crippen LogP contribution in [0.4, 0.5) is 0 Å². The summed E-state index contributed by atoms with van der Waals surface area (Å²) < 4.78 is 38.4. The Labute approximate surface area is 200 Å². The third kappa shape index (κ3) is 4.06. The molecule has 170 valence electrons. The van der Waals surface area contributed by atoms with Crippen LogP contribution in [0.5, 0.6) is 5.75 Å². The second-order valence-electron chi connectivity index (χ2n) is 8.29. The SMILES string of the molecule is O=C1CCCC2=C1C(c1cc(Br)ccc1OS(=O)(=O)c1ccccc1)C1=C(CCCC1=O)O2. The maximum absolute atomic E-state index is 13.1. The first kappa shape index (κ1) is 22.1. The molecule has 8 heteroatoms. The number of rotatable bonds is 4. The molecule has 0 saturated carbocycles. The van der Waals surface area contributed by atoms with Crippen LogP contribution in [-0.4, -0.2) is 20.0 Å². The number of allylic oxidation sites excluding steroid dienone is 4. The van der Waals surface area contributed by atoms with Gasteiger partial charge in [0.15, 0.2) is 11.6 Å². The second-order valence-corrected chi connectivity index (χ2v) is 10.8. The van der Waals surface area contributed by atoms with Crippen molar-refractivity contribution in [1.29, 1.82) is 0 Å². The Bertz CT molecular complexity index is 1280. The Kier molecular flexibility index (Phi) is 5.74. The highest BCUT2D eigenvalue weighted by atomic mass is 79.9. The van der Waals surface area contributed by atoms with Gasteiger partial charge in [0.25, 0.3) is 0 Å². The van der Waals surface area contributed by atoms with Gasteiger partial charge in [-0.05, 0) is 43.2 Å². The van der Waals surface area contributed by atoms with Gasteiger partial charge in [0, 0.05) is 46.9 Å². The lowest BCUT2D eigenvalue weighted by atomic mass is 9.73. The standard InChI is InChI=1S/C25H21BrO6S/c26-15-12-13-20(32-33(29,30)16-6-2-1-3-7-16)17(14-15)23-24-18(27)8-4-10-21(24)31-22-11-5-9-19(28)25(22)23/h1-3,6-7,12-14,23H,4-5,8-11H2. The zero-order valence-electron chi connectivity index (χ0n) is 17.7. The summed E-state index contributed by atoms with van der Waals surface area (Å²) in [6.45, 7) is 0. The van der Waals surface area contributed by atoms with E-state index in [1.165, 1.54) is 12.1 Å². The lowest BCUT2D eigenvalue weighted by Crippen LogP contribution is -2.30. The molecule has 5 rings (SSSR count). The lowest BCUT2D eigenvalue weighted by molar-refractivity contribution is -0.117. The van der Waals surface area contributed by atoms with Crippen molar-refractivity contribution in [2.45, 2.75) is 49.3 Å². The average molecular weight is 529 g/mol. The molecule has 2 aromatic carbocycles. The number of carbonyl (C=O) groups is 2. The molecule has 3 aliphatic rings. The van der Waals surface area contributed by atoms with E-state index in [1.54, 1.807) is 36.4 Å². The van der Waals surface area contributed by atoms with Gasteiger partial charge in [0.2, 0.25) is 0 Å². The zero-order chi connectivity index (χ0) is 23.2. The number of ether oxygens (including phenoxy) is 1. The zero-order valence-corrected chi connectivity index (χ0v) is 20.1. The van der Waals surface area contributed by atoms with Gasteiger partial charge in [0.05, 0.1) is 5.92 Å². The second kappa shape index (κ2) is 8.57. The van der Waals surface area contributed by atoms with Crippen LogP contribution in [0.1, 0.15) is 50.0 Å². The van der Waals surface area contributed by atoms with Gasteiger partial charge in [-0.1, -0.05) is 34.1 Å². The minimum Gasteiger partial charge on any atom is -0.465 e. The summed E-state index contributed by atoms with van der Waals surface area (Å²) in [5.74, 6) is 0.376. The van der Waals surface area contributed by atoms with Crippen LogP contribution < -0.4 is 4.18 Å². The topological polar surface area (TPSA) is 86.7 Å². The van der Waals surface area contributed by atoms with Crippen molar-refractivity contribution < 1.29 is 26.9 Å². The quantitative estimate of drug-likeness (QED) is 0.497. The predicted molar refractivity (Wildman–Crippen MR) is 124 cm³/mol. The van der Waals surface area contributed by atoms with Crippen LogP contribution in [0.25, 0.3) is 0 Å². The van der Waals surface area contributed by atoms with E-state index in [0.717, 1.165) is 0 Å². The Hall–Kier alpha value is -2.71. The Morgan fingerprint density at radius 3 is 2.06 bits per heavy atom. The normalized spacial score (nSPS) is 19.2. The summed E-state index contributed by atoms with van der Waals surface area (Å²) >= 11 is 3.46. The molecular formula is C25H21BrO6S. The van der Waals surface area contributed by atoms with E-state index in [4.69, 9.17) is 8.92 Å². The fourth-order valence-electron chi connectivity index (χ4n) is 4.70. The Morgan fingerprint density at radius 2 is 1.45 bits per heavy atom. The van der Waals surface area contributed by atoms with Crippen LogP contribution >= 0.6 is 15.9 Å². The molecule has 0 unspecified atom stereocenters. The lowest BCUT2D eigenvalue weighted by Gasteiger charge is -2.36. The van der Waals surface area contributed by atoms with Crippen LogP contribution in [0.3, 0.4) is 0 Å². The molecule has 2 aromatic rings. The number of hydrogen-bond acceptors (Lipinski definition) is 6. The molecule has 6 nitrogen and oxygen atoms in total. The summed E-state index contributed by atoms with van der Waals surface area (Å²) in [7, 11) is -4.12. The van der Waals surface area contributed by atoms with Gasteiger partial charge >= 0.3 is 10.1 Å². The van der Waals surface area contributed by atoms with Gasteiger partial charge in [-0.3, -0.25) is 9.59 Å². The Balaban J connectivity index is 1.68. The number of ketones is 2. The van der Waals surface area contributed by atoms with E-state index in [0.29, 0.717) is 71.2 Å². The molecule has 0 atom stereocenters. The molecule has 0 N–H and O–H groups in total. The summed E-state index contributed by atoms with van der Waals surface area (Å²) in [5.41, 5.74) is 1.34. The van der Waals surface area contributed by atoms with E-state index >= 15 is 0 Å². The maximum atomic E-state index is 13.1. The predicted octanol–water partition coefficient (Wildman–Crippen LogP) is 5.34. The first-order valence-electron chi connectivity index (χ1n) is 10.8. The molecule has 33 heavy (non-hydrogen) atoms. The average Bonchev–Trinajstić information content (AvgIpc) is 2.80. The van der Waals surface area contributed by atoms with Crippen molar-refractivity contribution >= 4 is 37.6 Å². The molecule has 0 saturated heterocycles. The summed E-state index contributed by atoms with van der Waals surface area (Å²) in [5, 5.41) is 0. The molecular weight excluding hydrogens is 508 g/mol. The monoisotopic (exact) mass is 528 g/mol. The van der Waals surface area contributed by atoms with E-state index in [9.17, 15) is 18.0 Å². The first-order valence-corrected chi connectivity index (χ1v) is 13.0. The van der Waals surface area contributed by atoms with Crippen LogP contribution in [0, 0.1) is 0 Å². The number of Topliss-reactive ketones (excluding diaryl/α,β-unsaturated/α-hetero) is 2. The van der Waals surface area contributed by atoms with Gasteiger partial charge in [-0.15, -0.1) is 0 Å². The molecule has 0 bridgehead atoms. The van der Waals surface area contributed by atoms with Gasteiger partial charge < -0.3 is 8.92 Å². The summed E-state index contributed by atoms with van der Waals surface area (Å²) in [6.07, 6.45) is 3.31. The van der Waals surface area contributed by atoms with E-state index in [2.05, 4.69) is 15.9 Å². The Morgan fingerprint density at radius 1 is 0.848 bits per heavy atom. The smallest absolute Gasteiger partial charge is 0.339 e. The molecule has 1 heterocycles. The third-order valence-electron chi connectivity index (χ3n) is 6.15. The molecule has 0 radical (unpaired) electrons. The van der Waals surface area contributed by atoms with E-state index < -0.39 is 16.0 Å². The number of carbonyl (C=O) groups excluding carboxylic acids is 2. The molecule has 2 aliphatic carbocycles. The number of halogens is 1. The van der Waals surface area contributed by atoms with Crippen molar-refractivity contribution in [2.24, 2.45) is 0 Å². The minimum atomic E-state index is -4.12. The first-order chi connectivity index (χ1) is 15.8. The summed E-state index contributed by atoms with van der Waals surface area (Å²) in [4.78, 5) is 26.1. The number of hydrogen-bond donors (Lipinski definition) is 0. The largest absolute Gasteiger partial charge is 0.465 e. The fourth-order valence-corrected chi connectivity index (χ4v) is 6.06. The van der Waals surface area contributed by atoms with Gasteiger partial charge in [-0.25, -0.2) is 0 Å². The number of benzene rings is 2. The maximum Gasteiger partial charge on any atom is 0.339 e. The third-order valence-corrected chi connectivity index (χ3v) is 7.90. The van der Waals surface area contributed by atoms with Crippen molar-refractivity contribution in [3.8, 4) is 5.75 Å². The molecule has 1 aliphatic heterocycles. The van der Waals surface area contributed by atoms with Crippen LogP contribution in [0.2, 0.25) is 0 Å². The van der Waals surface area contributed by atoms with E-state index in [1.807, 2.05) is 0 Å². The van der Waals surface area contributed by atoms with Crippen molar-refractivity contribution in [1.82, 2.24) is 0 Å². The molecule has 0 aromatic heterocycles. The highest BCUT2D eigenvalue weighted by molar-refractivity contribution is 9.10. The van der Waals surface area contributed by atoms with Crippen molar-refractivity contribution in [2.75, 3.05) is 0 Å². The molecule has 0 fully saturated rings. The highest BCUT2D eigenvalue weighted by Gasteiger charge is 2.43. The minimum absolute atomic E-state index is 0.0214. The van der Waals surface area contributed by atoms with Crippen LogP contribution in [-0.2, 0) is 24.4 Å². The van der Waals surface area contributed by atoms with Crippen LogP contribution in [0.15, 0.2) is 80.6 Å². The highest BCUT2D eigenvalue weighted by Crippen LogP contribution is 2.50. The van der Waals surface area contributed by atoms with Crippen molar-refractivity contribution in [3.63, 3.8) is 0 Å². The molecule has 0 spiro atoms. The molecule has 0 amide bonds. The van der Waals surface area contributed by atoms with Gasteiger partial charge in [-0.2, -0.15) is 8.42 Å². The van der Waals surface area contributed by atoms with Gasteiger partial charge in [0.1, 0.15) is 22.2 Å². The van der Waals surface area contributed by atoms with Crippen molar-refractivity contribution in [3.05, 3.63) is 81.2 Å². The van der Waals surface area contributed by atoms with E-state index in [-0.39, 0.29) is 22.2 Å². The summed E-state index contributed by atoms with van der Waals surface area (Å²) in [6, 6.07) is 12.8. The fraction of sp³-hybridized carbons (Fsp3) is 0.280.